The van der Waals surface area contributed by atoms with Crippen LogP contribution >= 0.6 is 0 Å². The number of aliphatic carboxylic acids is 1. The van der Waals surface area contributed by atoms with E-state index in [2.05, 4.69) is 0 Å². The van der Waals surface area contributed by atoms with Gasteiger partial charge in [-0.1, -0.05) is 30.3 Å². The molecule has 1 aromatic carbocycles. The van der Waals surface area contributed by atoms with Gasteiger partial charge in [0, 0.05) is 6.54 Å². The van der Waals surface area contributed by atoms with Gasteiger partial charge in [-0.25, -0.2) is 9.59 Å². The number of carbonyl (C=O) groups excluding carboxylic acids is 1. The number of furan rings is 1. The van der Waals surface area contributed by atoms with Gasteiger partial charge in [-0.3, -0.25) is 4.90 Å². The van der Waals surface area contributed by atoms with Crippen LogP contribution in [0.4, 0.5) is 4.79 Å². The molecule has 1 heterocycles. The fourth-order valence-electron chi connectivity index (χ4n) is 2.07. The molecule has 6 nitrogen and oxygen atoms in total. The van der Waals surface area contributed by atoms with Gasteiger partial charge in [0.1, 0.15) is 12.4 Å². The summed E-state index contributed by atoms with van der Waals surface area (Å²) in [6.07, 6.45) is 0.671. The quantitative estimate of drug-likeness (QED) is 0.887. The van der Waals surface area contributed by atoms with Crippen molar-refractivity contribution in [2.24, 2.45) is 0 Å². The van der Waals surface area contributed by atoms with Crippen LogP contribution in [0.1, 0.15) is 24.3 Å². The Kier molecular flexibility index (Phi) is 5.19. The first kappa shape index (κ1) is 15.6. The van der Waals surface area contributed by atoms with Crippen molar-refractivity contribution in [2.45, 2.75) is 19.6 Å². The number of rotatable bonds is 6. The first-order valence-electron chi connectivity index (χ1n) is 6.87. The second kappa shape index (κ2) is 7.31. The Morgan fingerprint density at radius 2 is 1.95 bits per heavy atom. The normalized spacial score (nSPS) is 11.7. The number of carboxylic acid groups (broad SMARTS) is 1. The third-order valence-corrected chi connectivity index (χ3v) is 3.14. The van der Waals surface area contributed by atoms with Crippen LogP contribution in [0.5, 0.6) is 0 Å². The van der Waals surface area contributed by atoms with E-state index in [4.69, 9.17) is 9.15 Å². The van der Waals surface area contributed by atoms with E-state index in [0.29, 0.717) is 0 Å². The summed E-state index contributed by atoms with van der Waals surface area (Å²) in [5.74, 6) is -0.987. The first-order valence-corrected chi connectivity index (χ1v) is 6.87. The number of carboxylic acids is 1. The summed E-state index contributed by atoms with van der Waals surface area (Å²) < 4.78 is 10.3. The van der Waals surface area contributed by atoms with Gasteiger partial charge in [0.05, 0.1) is 6.26 Å². The van der Waals surface area contributed by atoms with E-state index in [9.17, 15) is 14.7 Å². The molecule has 0 fully saturated rings. The summed E-state index contributed by atoms with van der Waals surface area (Å²) in [6.45, 7) is 1.95. The standard InChI is InChI=1S/C16H17NO5/c1-2-17(14(15(18)19)13-9-6-10-21-13)16(20)22-11-12-7-4-3-5-8-12/h3-10,14H,2,11H2,1H3,(H,18,19). The average molecular weight is 303 g/mol. The van der Waals surface area contributed by atoms with Gasteiger partial charge >= 0.3 is 12.1 Å². The SMILES string of the molecule is CCN(C(=O)OCc1ccccc1)C(C(=O)O)c1ccco1. The largest absolute Gasteiger partial charge is 0.479 e. The molecule has 0 aliphatic heterocycles. The number of benzene rings is 1. The minimum absolute atomic E-state index is 0.0840. The van der Waals surface area contributed by atoms with Gasteiger partial charge in [0.25, 0.3) is 0 Å². The van der Waals surface area contributed by atoms with Crippen molar-refractivity contribution in [1.82, 2.24) is 4.90 Å². The molecule has 0 radical (unpaired) electrons. The Morgan fingerprint density at radius 1 is 1.23 bits per heavy atom. The van der Waals surface area contributed by atoms with Crippen LogP contribution in [0, 0.1) is 0 Å². The predicted octanol–water partition coefficient (Wildman–Crippen LogP) is 3.06. The van der Waals surface area contributed by atoms with E-state index in [0.717, 1.165) is 10.5 Å². The first-order chi connectivity index (χ1) is 10.6. The summed E-state index contributed by atoms with van der Waals surface area (Å²) in [7, 11) is 0. The highest BCUT2D eigenvalue weighted by atomic mass is 16.6. The Bertz CT molecular complexity index is 609. The Balaban J connectivity index is 2.08. The van der Waals surface area contributed by atoms with E-state index in [1.54, 1.807) is 13.0 Å². The van der Waals surface area contributed by atoms with Crippen LogP contribution in [-0.2, 0) is 16.1 Å². The zero-order valence-electron chi connectivity index (χ0n) is 12.1. The molecule has 1 unspecified atom stereocenters. The molecule has 0 saturated heterocycles. The molecule has 6 heteroatoms. The highest BCUT2D eigenvalue weighted by Gasteiger charge is 2.33. The van der Waals surface area contributed by atoms with Crippen LogP contribution < -0.4 is 0 Å². The van der Waals surface area contributed by atoms with Gasteiger partial charge in [-0.15, -0.1) is 0 Å². The lowest BCUT2D eigenvalue weighted by atomic mass is 10.2. The van der Waals surface area contributed by atoms with Crippen LogP contribution in [0.15, 0.2) is 53.1 Å². The van der Waals surface area contributed by atoms with Crippen LogP contribution in [0.2, 0.25) is 0 Å². The molecule has 1 atom stereocenters. The molecule has 1 aromatic heterocycles. The molecule has 1 amide bonds. The molecule has 0 saturated carbocycles. The molecule has 2 aromatic rings. The second-order valence-corrected chi connectivity index (χ2v) is 4.58. The molecule has 22 heavy (non-hydrogen) atoms. The van der Waals surface area contributed by atoms with Crippen LogP contribution in [-0.4, -0.2) is 28.6 Å². The minimum Gasteiger partial charge on any atom is -0.479 e. The van der Waals surface area contributed by atoms with E-state index in [-0.39, 0.29) is 18.9 Å². The summed E-state index contributed by atoms with van der Waals surface area (Å²) in [4.78, 5) is 24.8. The van der Waals surface area contributed by atoms with E-state index < -0.39 is 18.1 Å². The molecule has 0 spiro atoms. The van der Waals surface area contributed by atoms with Crippen molar-refractivity contribution in [3.8, 4) is 0 Å². The lowest BCUT2D eigenvalue weighted by Gasteiger charge is -2.25. The van der Waals surface area contributed by atoms with E-state index in [1.807, 2.05) is 30.3 Å². The molecule has 2 rings (SSSR count). The highest BCUT2D eigenvalue weighted by Crippen LogP contribution is 2.22. The maximum atomic E-state index is 12.2. The zero-order chi connectivity index (χ0) is 15.9. The lowest BCUT2D eigenvalue weighted by molar-refractivity contribution is -0.143. The highest BCUT2D eigenvalue weighted by molar-refractivity contribution is 5.80. The van der Waals surface area contributed by atoms with Crippen molar-refractivity contribution < 1.29 is 23.8 Å². The molecule has 1 N–H and O–H groups in total. The van der Waals surface area contributed by atoms with Crippen LogP contribution in [0.3, 0.4) is 0 Å². The van der Waals surface area contributed by atoms with E-state index in [1.165, 1.54) is 12.3 Å². The molecular formula is C16H17NO5. The van der Waals surface area contributed by atoms with Gasteiger partial charge in [-0.2, -0.15) is 0 Å². The van der Waals surface area contributed by atoms with Crippen molar-refractivity contribution in [3.63, 3.8) is 0 Å². The average Bonchev–Trinajstić information content (AvgIpc) is 3.04. The number of carbonyl (C=O) groups is 2. The third kappa shape index (κ3) is 3.66. The minimum atomic E-state index is -1.21. The predicted molar refractivity (Wildman–Crippen MR) is 78.1 cm³/mol. The van der Waals surface area contributed by atoms with Gasteiger partial charge < -0.3 is 14.3 Å². The number of hydrogen-bond acceptors (Lipinski definition) is 4. The molecule has 0 aliphatic carbocycles. The third-order valence-electron chi connectivity index (χ3n) is 3.14. The summed E-state index contributed by atoms with van der Waals surface area (Å²) >= 11 is 0. The van der Waals surface area contributed by atoms with Gasteiger partial charge in [0.15, 0.2) is 6.04 Å². The molecule has 116 valence electrons. The maximum absolute atomic E-state index is 12.2. The number of ether oxygens (including phenoxy) is 1. The van der Waals surface area contributed by atoms with E-state index >= 15 is 0 Å². The number of nitrogens with zero attached hydrogens (tertiary/aromatic N) is 1. The number of hydrogen-bond donors (Lipinski definition) is 1. The van der Waals surface area contributed by atoms with Gasteiger partial charge in [0.2, 0.25) is 0 Å². The lowest BCUT2D eigenvalue weighted by Crippen LogP contribution is -2.39. The summed E-state index contributed by atoms with van der Waals surface area (Å²) in [5.41, 5.74) is 0.830. The monoisotopic (exact) mass is 303 g/mol. The van der Waals surface area contributed by atoms with Crippen molar-refractivity contribution in [2.75, 3.05) is 6.54 Å². The Morgan fingerprint density at radius 3 is 2.50 bits per heavy atom. The Labute approximate surface area is 127 Å². The van der Waals surface area contributed by atoms with Crippen molar-refractivity contribution in [3.05, 3.63) is 60.1 Å². The summed E-state index contributed by atoms with van der Waals surface area (Å²) in [5, 5.41) is 9.37. The second-order valence-electron chi connectivity index (χ2n) is 4.58. The van der Waals surface area contributed by atoms with Crippen molar-refractivity contribution >= 4 is 12.1 Å². The van der Waals surface area contributed by atoms with Crippen LogP contribution in [0.25, 0.3) is 0 Å². The topological polar surface area (TPSA) is 80.0 Å². The smallest absolute Gasteiger partial charge is 0.411 e. The van der Waals surface area contributed by atoms with Gasteiger partial charge in [-0.05, 0) is 24.6 Å². The van der Waals surface area contributed by atoms with Crippen molar-refractivity contribution in [1.29, 1.82) is 0 Å². The number of amides is 1. The fraction of sp³-hybridized carbons (Fsp3) is 0.250. The molecule has 0 bridgehead atoms. The molecular weight excluding hydrogens is 286 g/mol. The Hall–Kier alpha value is -2.76. The maximum Gasteiger partial charge on any atom is 0.411 e. The fourth-order valence-corrected chi connectivity index (χ4v) is 2.07. The molecule has 0 aliphatic rings. The number of likely N-dealkylation sites (N-methyl/N-ethyl adjacent to an activating group) is 1. The zero-order valence-corrected chi connectivity index (χ0v) is 12.1. The summed E-state index contributed by atoms with van der Waals surface area (Å²) in [6, 6.07) is 11.1.